The smallest absolute Gasteiger partial charge is 0.212 e. The summed E-state index contributed by atoms with van der Waals surface area (Å²) in [6, 6.07) is 24.8. The maximum absolute atomic E-state index is 15.4. The van der Waals surface area contributed by atoms with E-state index in [9.17, 15) is 57.5 Å². The number of fused-ring (bicyclic) bond motifs is 1. The van der Waals surface area contributed by atoms with E-state index in [1.807, 2.05) is 30.3 Å². The van der Waals surface area contributed by atoms with Gasteiger partial charge in [0.1, 0.15) is 58.4 Å². The topological polar surface area (TPSA) is 17.1 Å². The molecule has 0 aliphatic rings. The van der Waals surface area contributed by atoms with Crippen LogP contribution in [-0.4, -0.2) is 23.4 Å². The fourth-order valence-electron chi connectivity index (χ4n) is 7.68. The molecule has 0 fully saturated rings. The third kappa shape index (κ3) is 8.77. The van der Waals surface area contributed by atoms with Gasteiger partial charge in [-0.25, -0.2) is 87.8 Å². The lowest BCUT2D eigenvalue weighted by Crippen LogP contribution is -2.81. The van der Waals surface area contributed by atoms with Gasteiger partial charge in [0.2, 0.25) is 5.78 Å². The van der Waals surface area contributed by atoms with E-state index in [0.717, 1.165) is 24.2 Å². The van der Waals surface area contributed by atoms with Crippen molar-refractivity contribution in [1.29, 1.82) is 0 Å². The fraction of sp³-hybridized carbons (Fsp3) is 0.109. The number of carbonyl (C=O) groups excluding carboxylic acids is 1. The Kier molecular flexibility index (Phi) is 15.2. The molecule has 1 nitrogen and oxygen atoms in total. The van der Waals surface area contributed by atoms with Crippen LogP contribution in [-0.2, 0) is 10.9 Å². The Morgan fingerprint density at radius 3 is 1.03 bits per heavy atom. The van der Waals surface area contributed by atoms with Crippen LogP contribution in [0.1, 0.15) is 30.1 Å². The van der Waals surface area contributed by atoms with E-state index in [-0.39, 0.29) is 16.7 Å². The first-order valence-electron chi connectivity index (χ1n) is 19.5. The largest absolute Gasteiger partial charge is 0.289 e. The first-order valence-corrected chi connectivity index (χ1v) is 21.0. The Morgan fingerprint density at radius 2 is 0.696 bits per heavy atom. The molecule has 7 aromatic carbocycles. The van der Waals surface area contributed by atoms with E-state index in [1.165, 1.54) is 15.7 Å². The van der Waals surface area contributed by atoms with E-state index >= 15 is 35.1 Å². The summed E-state index contributed by atoms with van der Waals surface area (Å²) in [5.74, 6) is -69.4. The lowest BCUT2D eigenvalue weighted by atomic mass is 9.12. The summed E-state index contributed by atoms with van der Waals surface area (Å²) >= 11 is 0. The van der Waals surface area contributed by atoms with Crippen molar-refractivity contribution in [2.75, 3.05) is 11.5 Å². The Morgan fingerprint density at radius 1 is 0.391 bits per heavy atom. The van der Waals surface area contributed by atoms with Gasteiger partial charge in [-0.1, -0.05) is 67.9 Å². The molecule has 0 saturated heterocycles. The van der Waals surface area contributed by atoms with Crippen LogP contribution < -0.4 is 21.9 Å². The molecule has 0 saturated carbocycles. The van der Waals surface area contributed by atoms with Gasteiger partial charge in [-0.05, 0) is 29.3 Å². The van der Waals surface area contributed by atoms with Crippen molar-refractivity contribution in [3.05, 3.63) is 195 Å². The Balaban J connectivity index is 0.000000273. The van der Waals surface area contributed by atoms with Crippen molar-refractivity contribution in [3.63, 3.8) is 0 Å². The molecule has 0 aliphatic carbocycles. The molecule has 0 amide bonds. The summed E-state index contributed by atoms with van der Waals surface area (Å²) in [6.07, 6.45) is -4.89. The normalized spacial score (nSPS) is 12.1. The SMILES string of the molecule is CCCC[S+](CC(=O)c1ccccc1)c1ccc2ccccc2c1.Fc1c(F)c(F)c([B-](c2c(F)c(F)c(F)c(F)c2F)(c2c(F)c(F)c(F)c(F)c2F)c2c(F)c(F)c(F)c(F)c2F)c(F)c1F. The van der Waals surface area contributed by atoms with E-state index < -0.39 is 144 Å². The number of hydrogen-bond donors (Lipinski definition) is 0. The van der Waals surface area contributed by atoms with Crippen molar-refractivity contribution in [3.8, 4) is 0 Å². The predicted octanol–water partition coefficient (Wildman–Crippen LogP) is 11.3. The second kappa shape index (κ2) is 20.2. The van der Waals surface area contributed by atoms with Crippen molar-refractivity contribution in [2.45, 2.75) is 24.7 Å². The van der Waals surface area contributed by atoms with Crippen LogP contribution in [0.5, 0.6) is 0 Å². The highest BCUT2D eigenvalue weighted by molar-refractivity contribution is 7.97. The first kappa shape index (κ1) is 51.9. The molecule has 0 aromatic heterocycles. The fourth-order valence-corrected chi connectivity index (χ4v) is 9.90. The van der Waals surface area contributed by atoms with Crippen molar-refractivity contribution in [1.82, 2.24) is 0 Å². The summed E-state index contributed by atoms with van der Waals surface area (Å²) in [4.78, 5) is 14.0. The molecule has 0 heterocycles. The number of benzene rings is 7. The molecule has 362 valence electrons. The van der Waals surface area contributed by atoms with Crippen LogP contribution in [0.4, 0.5) is 87.8 Å². The van der Waals surface area contributed by atoms with Gasteiger partial charge in [0, 0.05) is 22.5 Å². The van der Waals surface area contributed by atoms with Crippen LogP contribution in [0.2, 0.25) is 0 Å². The molecule has 69 heavy (non-hydrogen) atoms. The van der Waals surface area contributed by atoms with E-state index in [2.05, 4.69) is 49.4 Å². The zero-order valence-electron chi connectivity index (χ0n) is 34.2. The lowest BCUT2D eigenvalue weighted by molar-refractivity contribution is 0.102. The molecular formula is C46H23BF20OS. The van der Waals surface area contributed by atoms with Crippen LogP contribution in [0.15, 0.2) is 77.7 Å². The van der Waals surface area contributed by atoms with Gasteiger partial charge >= 0.3 is 0 Å². The highest BCUT2D eigenvalue weighted by Gasteiger charge is 2.52. The molecule has 0 spiro atoms. The Hall–Kier alpha value is -6.52. The monoisotopic (exact) mass is 1010 g/mol. The van der Waals surface area contributed by atoms with Gasteiger partial charge in [0.15, 0.2) is 80.5 Å². The second-order valence-corrected chi connectivity index (χ2v) is 16.9. The number of ketones is 1. The van der Waals surface area contributed by atoms with Crippen LogP contribution in [0, 0.1) is 116 Å². The minimum absolute atomic E-state index is 0.0239. The third-order valence-corrected chi connectivity index (χ3v) is 13.2. The van der Waals surface area contributed by atoms with Crippen LogP contribution in [0.3, 0.4) is 0 Å². The average Bonchev–Trinajstić information content (AvgIpc) is 3.35. The van der Waals surface area contributed by atoms with Gasteiger partial charge < -0.3 is 0 Å². The zero-order chi connectivity index (χ0) is 51.1. The number of halogens is 20. The van der Waals surface area contributed by atoms with Gasteiger partial charge in [-0.3, -0.25) is 4.79 Å². The molecular weight excluding hydrogens is 991 g/mol. The van der Waals surface area contributed by atoms with Crippen LogP contribution in [0.25, 0.3) is 10.8 Å². The highest BCUT2D eigenvalue weighted by Crippen LogP contribution is 2.31. The average molecular weight is 1010 g/mol. The molecule has 0 N–H and O–H groups in total. The summed E-state index contributed by atoms with van der Waals surface area (Å²) < 4.78 is 294. The van der Waals surface area contributed by atoms with Gasteiger partial charge in [-0.15, -0.1) is 21.9 Å². The molecule has 1 unspecified atom stereocenters. The molecule has 1 atom stereocenters. The number of hydrogen-bond acceptors (Lipinski definition) is 1. The third-order valence-electron chi connectivity index (χ3n) is 10.9. The predicted molar refractivity (Wildman–Crippen MR) is 214 cm³/mol. The summed E-state index contributed by atoms with van der Waals surface area (Å²) in [6.45, 7) is 2.21. The number of Topliss-reactive ketones (excluding diaryl/α,β-unsaturated/α-hetero) is 1. The lowest BCUT2D eigenvalue weighted by Gasteiger charge is -2.44. The van der Waals surface area contributed by atoms with Gasteiger partial charge in [-0.2, -0.15) is 0 Å². The Labute approximate surface area is 378 Å². The molecule has 23 heteroatoms. The van der Waals surface area contributed by atoms with Crippen molar-refractivity contribution in [2.24, 2.45) is 0 Å². The summed E-state index contributed by atoms with van der Waals surface area (Å²) in [5, 5.41) is 2.52. The number of rotatable bonds is 11. The second-order valence-electron chi connectivity index (χ2n) is 14.8. The number of unbranched alkanes of at least 4 members (excludes halogenated alkanes) is 1. The molecule has 0 bridgehead atoms. The van der Waals surface area contributed by atoms with Crippen molar-refractivity contribution < 1.29 is 92.6 Å². The molecule has 7 rings (SSSR count). The van der Waals surface area contributed by atoms with E-state index in [4.69, 9.17) is 0 Å². The maximum Gasteiger partial charge on any atom is 0.212 e. The Bertz CT molecular complexity index is 2790. The van der Waals surface area contributed by atoms with Crippen LogP contribution >= 0.6 is 0 Å². The standard InChI is InChI=1S/C24BF20.C22H23OS/c26-5-1(6(27)14(35)21(42)13(5)34)25(2-7(28)15(36)22(43)16(37)8(2)29,3-9(30)17(38)23(44)18(39)10(3)31)4-11(32)19(40)24(45)20(41)12(4)33;1-2-3-15-24(17-22(23)19-10-5-4-6-11-19)21-14-13-18-9-7-8-12-20(18)16-21/h;4-14,16H,2-3,15,17H2,1H3/q-1;+1. The van der Waals surface area contributed by atoms with Gasteiger partial charge in [0.25, 0.3) is 0 Å². The summed E-state index contributed by atoms with van der Waals surface area (Å²) in [7, 11) is -0.0239. The van der Waals surface area contributed by atoms with E-state index in [1.54, 1.807) is 0 Å². The summed E-state index contributed by atoms with van der Waals surface area (Å²) in [5.41, 5.74) is -13.5. The number of carbonyl (C=O) groups is 1. The minimum Gasteiger partial charge on any atom is -0.289 e. The highest BCUT2D eigenvalue weighted by atomic mass is 32.2. The maximum atomic E-state index is 15.4. The molecule has 7 aromatic rings. The quantitative estimate of drug-likeness (QED) is 0.0315. The molecule has 0 radical (unpaired) electrons. The minimum atomic E-state index is -7.22. The first-order chi connectivity index (χ1) is 32.5. The zero-order valence-corrected chi connectivity index (χ0v) is 35.0. The van der Waals surface area contributed by atoms with Gasteiger partial charge in [0.05, 0.1) is 0 Å². The van der Waals surface area contributed by atoms with Crippen molar-refractivity contribution >= 4 is 55.4 Å². The van der Waals surface area contributed by atoms with E-state index in [0.29, 0.717) is 5.75 Å². The molecule has 0 aliphatic heterocycles.